The summed E-state index contributed by atoms with van der Waals surface area (Å²) in [5.74, 6) is -1.09. The average Bonchev–Trinajstić information content (AvgIpc) is 2.34. The maximum absolute atomic E-state index is 13.0. The molecule has 0 saturated heterocycles. The molecule has 1 aromatic rings. The van der Waals surface area contributed by atoms with Gasteiger partial charge in [0.2, 0.25) is 0 Å². The van der Waals surface area contributed by atoms with Crippen molar-refractivity contribution in [3.05, 3.63) is 30.1 Å². The highest BCUT2D eigenvalue weighted by atomic mass is 19.1. The van der Waals surface area contributed by atoms with Gasteiger partial charge in [-0.05, 0) is 36.5 Å². The number of nitrogens with one attached hydrogen (secondary N) is 2. The molecule has 0 aliphatic rings. The third kappa shape index (κ3) is 7.29. The van der Waals surface area contributed by atoms with E-state index in [0.29, 0.717) is 18.0 Å². The van der Waals surface area contributed by atoms with Crippen LogP contribution >= 0.6 is 0 Å². The summed E-state index contributed by atoms with van der Waals surface area (Å²) >= 11 is 0. The highest BCUT2D eigenvalue weighted by molar-refractivity contribution is 5.89. The molecule has 1 unspecified atom stereocenters. The van der Waals surface area contributed by atoms with Crippen molar-refractivity contribution in [2.45, 2.75) is 26.7 Å². The normalized spacial score (nSPS) is 12.0. The molecule has 0 radical (unpaired) electrons. The van der Waals surface area contributed by atoms with E-state index in [2.05, 4.69) is 10.6 Å². The van der Waals surface area contributed by atoms with E-state index in [-0.39, 0.29) is 18.9 Å². The molecule has 0 bridgehead atoms. The maximum atomic E-state index is 13.0. The summed E-state index contributed by atoms with van der Waals surface area (Å²) in [4.78, 5) is 22.5. The molecule has 2 amide bonds. The minimum atomic E-state index is -0.881. The first kappa shape index (κ1) is 16.9. The van der Waals surface area contributed by atoms with E-state index in [1.807, 2.05) is 13.8 Å². The summed E-state index contributed by atoms with van der Waals surface area (Å²) in [6.07, 6.45) is 0.727. The Morgan fingerprint density at radius 3 is 2.62 bits per heavy atom. The molecule has 116 valence electrons. The Balaban J connectivity index is 2.47. The van der Waals surface area contributed by atoms with Crippen molar-refractivity contribution in [1.29, 1.82) is 0 Å². The Bertz CT molecular complexity index is 492. The summed E-state index contributed by atoms with van der Waals surface area (Å²) in [5.41, 5.74) is 0.353. The van der Waals surface area contributed by atoms with Crippen LogP contribution < -0.4 is 10.6 Å². The fraction of sp³-hybridized carbons (Fsp3) is 0.467. The number of carbonyl (C=O) groups is 2. The van der Waals surface area contributed by atoms with Crippen molar-refractivity contribution in [2.24, 2.45) is 11.8 Å². The van der Waals surface area contributed by atoms with Crippen LogP contribution in [0.25, 0.3) is 0 Å². The fourth-order valence-corrected chi connectivity index (χ4v) is 2.13. The van der Waals surface area contributed by atoms with Gasteiger partial charge in [-0.15, -0.1) is 0 Å². The van der Waals surface area contributed by atoms with Crippen molar-refractivity contribution in [2.75, 3.05) is 11.9 Å². The van der Waals surface area contributed by atoms with Crippen LogP contribution in [0.5, 0.6) is 0 Å². The van der Waals surface area contributed by atoms with Crippen LogP contribution in [-0.2, 0) is 4.79 Å². The lowest BCUT2D eigenvalue weighted by Gasteiger charge is -2.18. The maximum Gasteiger partial charge on any atom is 0.319 e. The van der Waals surface area contributed by atoms with E-state index in [1.165, 1.54) is 18.2 Å². The summed E-state index contributed by atoms with van der Waals surface area (Å²) in [5, 5.41) is 14.0. The molecule has 0 aliphatic carbocycles. The zero-order valence-electron chi connectivity index (χ0n) is 12.2. The number of rotatable bonds is 7. The molecule has 0 saturated carbocycles. The molecule has 0 aliphatic heterocycles. The van der Waals surface area contributed by atoms with E-state index in [4.69, 9.17) is 5.11 Å². The highest BCUT2D eigenvalue weighted by Gasteiger charge is 2.16. The van der Waals surface area contributed by atoms with Gasteiger partial charge in [0.25, 0.3) is 0 Å². The first-order valence-electron chi connectivity index (χ1n) is 6.89. The van der Waals surface area contributed by atoms with E-state index in [0.717, 1.165) is 0 Å². The van der Waals surface area contributed by atoms with E-state index in [1.54, 1.807) is 6.07 Å². The SMILES string of the molecule is CC(C)CC(CNC(=O)Nc1cccc(F)c1)CC(=O)O. The number of hydrogen-bond acceptors (Lipinski definition) is 2. The smallest absolute Gasteiger partial charge is 0.319 e. The van der Waals surface area contributed by atoms with Crippen LogP contribution in [0.3, 0.4) is 0 Å². The summed E-state index contributed by atoms with van der Waals surface area (Å²) in [6, 6.07) is 5.10. The fourth-order valence-electron chi connectivity index (χ4n) is 2.13. The summed E-state index contributed by atoms with van der Waals surface area (Å²) < 4.78 is 13.0. The zero-order valence-corrected chi connectivity index (χ0v) is 12.2. The van der Waals surface area contributed by atoms with E-state index < -0.39 is 17.8 Å². The van der Waals surface area contributed by atoms with E-state index >= 15 is 0 Å². The van der Waals surface area contributed by atoms with Gasteiger partial charge in [-0.2, -0.15) is 0 Å². The highest BCUT2D eigenvalue weighted by Crippen LogP contribution is 2.15. The van der Waals surface area contributed by atoms with Crippen LogP contribution in [-0.4, -0.2) is 23.7 Å². The molecule has 1 atom stereocenters. The van der Waals surface area contributed by atoms with Crippen molar-refractivity contribution < 1.29 is 19.1 Å². The largest absolute Gasteiger partial charge is 0.481 e. The quantitative estimate of drug-likeness (QED) is 0.723. The van der Waals surface area contributed by atoms with Crippen molar-refractivity contribution >= 4 is 17.7 Å². The average molecular weight is 296 g/mol. The Hall–Kier alpha value is -2.11. The molecule has 0 fully saturated rings. The van der Waals surface area contributed by atoms with Gasteiger partial charge in [-0.25, -0.2) is 9.18 Å². The number of anilines is 1. The Morgan fingerprint density at radius 1 is 1.33 bits per heavy atom. The van der Waals surface area contributed by atoms with Crippen LogP contribution in [0, 0.1) is 17.7 Å². The summed E-state index contributed by atoms with van der Waals surface area (Å²) in [6.45, 7) is 4.27. The standard InChI is InChI=1S/C15H21FN2O3/c1-10(2)6-11(7-14(19)20)9-17-15(21)18-13-5-3-4-12(16)8-13/h3-5,8,10-11H,6-7,9H2,1-2H3,(H,19,20)(H2,17,18,21). The van der Waals surface area contributed by atoms with Crippen molar-refractivity contribution in [1.82, 2.24) is 5.32 Å². The first-order chi connectivity index (χ1) is 9.86. The monoisotopic (exact) mass is 296 g/mol. The van der Waals surface area contributed by atoms with Gasteiger partial charge in [-0.1, -0.05) is 19.9 Å². The molecule has 1 rings (SSSR count). The summed E-state index contributed by atoms with van der Waals surface area (Å²) in [7, 11) is 0. The van der Waals surface area contributed by atoms with Crippen molar-refractivity contribution in [3.8, 4) is 0 Å². The number of hydrogen-bond donors (Lipinski definition) is 3. The number of aliphatic carboxylic acids is 1. The van der Waals surface area contributed by atoms with E-state index in [9.17, 15) is 14.0 Å². The number of benzene rings is 1. The number of carboxylic acid groups (broad SMARTS) is 1. The second-order valence-corrected chi connectivity index (χ2v) is 5.44. The van der Waals surface area contributed by atoms with Crippen LogP contribution in [0.1, 0.15) is 26.7 Å². The molecule has 21 heavy (non-hydrogen) atoms. The number of carboxylic acids is 1. The van der Waals surface area contributed by atoms with Gasteiger partial charge >= 0.3 is 12.0 Å². The first-order valence-corrected chi connectivity index (χ1v) is 6.89. The molecular formula is C15H21FN2O3. The van der Waals surface area contributed by atoms with Crippen LogP contribution in [0.15, 0.2) is 24.3 Å². The molecular weight excluding hydrogens is 275 g/mol. The van der Waals surface area contributed by atoms with Gasteiger partial charge < -0.3 is 15.7 Å². The van der Waals surface area contributed by atoms with Crippen LogP contribution in [0.2, 0.25) is 0 Å². The molecule has 1 aromatic carbocycles. The molecule has 0 heterocycles. The Kier molecular flexibility index (Phi) is 6.65. The number of carbonyl (C=O) groups excluding carboxylic acids is 1. The van der Waals surface area contributed by atoms with Gasteiger partial charge in [-0.3, -0.25) is 4.79 Å². The topological polar surface area (TPSA) is 78.4 Å². The van der Waals surface area contributed by atoms with Crippen molar-refractivity contribution in [3.63, 3.8) is 0 Å². The predicted octanol–water partition coefficient (Wildman–Crippen LogP) is 3.08. The third-order valence-electron chi connectivity index (χ3n) is 2.90. The minimum Gasteiger partial charge on any atom is -0.481 e. The lowest BCUT2D eigenvalue weighted by Crippen LogP contribution is -2.34. The minimum absolute atomic E-state index is 0.0123. The van der Waals surface area contributed by atoms with Gasteiger partial charge in [0.05, 0.1) is 0 Å². The second kappa shape index (κ2) is 8.24. The molecule has 0 spiro atoms. The third-order valence-corrected chi connectivity index (χ3v) is 2.90. The molecule has 0 aromatic heterocycles. The lowest BCUT2D eigenvalue weighted by molar-refractivity contribution is -0.138. The number of halogens is 1. The molecule has 5 nitrogen and oxygen atoms in total. The van der Waals surface area contributed by atoms with Gasteiger partial charge in [0.15, 0.2) is 0 Å². The van der Waals surface area contributed by atoms with Gasteiger partial charge in [0, 0.05) is 18.7 Å². The molecule has 3 N–H and O–H groups in total. The van der Waals surface area contributed by atoms with Crippen LogP contribution in [0.4, 0.5) is 14.9 Å². The lowest BCUT2D eigenvalue weighted by atomic mass is 9.94. The van der Waals surface area contributed by atoms with Gasteiger partial charge in [0.1, 0.15) is 5.82 Å². The Morgan fingerprint density at radius 2 is 2.05 bits per heavy atom. The molecule has 6 heteroatoms. The Labute approximate surface area is 123 Å². The number of urea groups is 1. The zero-order chi connectivity index (χ0) is 15.8. The number of amides is 2. The predicted molar refractivity (Wildman–Crippen MR) is 78.6 cm³/mol. The second-order valence-electron chi connectivity index (χ2n) is 5.44.